The normalized spacial score (nSPS) is 16.2. The number of amides is 1. The summed E-state index contributed by atoms with van der Waals surface area (Å²) in [7, 11) is 0. The lowest BCUT2D eigenvalue weighted by Crippen LogP contribution is -2.37. The van der Waals surface area contributed by atoms with Crippen LogP contribution in [0.4, 0.5) is 5.95 Å². The van der Waals surface area contributed by atoms with Gasteiger partial charge in [-0.15, -0.1) is 0 Å². The first-order valence-electron chi connectivity index (χ1n) is 9.31. The average Bonchev–Trinajstić information content (AvgIpc) is 3.23. The van der Waals surface area contributed by atoms with Gasteiger partial charge in [-0.25, -0.2) is 9.97 Å². The number of nitrogens with two attached hydrogens (primary N) is 1. The molecule has 3 aromatic rings. The van der Waals surface area contributed by atoms with Gasteiger partial charge in [0.15, 0.2) is 0 Å². The number of carbonyl (C=O) groups is 1. The Bertz CT molecular complexity index is 962. The molecule has 1 aromatic carbocycles. The van der Waals surface area contributed by atoms with Crippen LogP contribution >= 0.6 is 0 Å². The van der Waals surface area contributed by atoms with Crippen LogP contribution in [-0.4, -0.2) is 40.0 Å². The van der Waals surface area contributed by atoms with E-state index in [-0.39, 0.29) is 11.9 Å². The van der Waals surface area contributed by atoms with Crippen molar-refractivity contribution < 1.29 is 4.79 Å². The van der Waals surface area contributed by atoms with Crippen LogP contribution < -0.4 is 16.0 Å². The fourth-order valence-corrected chi connectivity index (χ4v) is 3.34. The zero-order chi connectivity index (χ0) is 19.3. The van der Waals surface area contributed by atoms with E-state index in [0.29, 0.717) is 24.6 Å². The van der Waals surface area contributed by atoms with Crippen LogP contribution in [0.5, 0.6) is 0 Å². The van der Waals surface area contributed by atoms with E-state index < -0.39 is 0 Å². The van der Waals surface area contributed by atoms with Crippen LogP contribution in [0.25, 0.3) is 11.3 Å². The van der Waals surface area contributed by atoms with Crippen molar-refractivity contribution in [2.24, 2.45) is 5.73 Å². The number of rotatable bonds is 5. The Morgan fingerprint density at radius 2 is 2.14 bits per heavy atom. The Balaban J connectivity index is 1.42. The van der Waals surface area contributed by atoms with Crippen molar-refractivity contribution in [3.8, 4) is 11.3 Å². The van der Waals surface area contributed by atoms with Crippen LogP contribution in [0.1, 0.15) is 22.3 Å². The number of pyridine rings is 1. The van der Waals surface area contributed by atoms with Gasteiger partial charge in [0, 0.05) is 55.4 Å². The van der Waals surface area contributed by atoms with Gasteiger partial charge in [0.1, 0.15) is 0 Å². The molecule has 1 fully saturated rings. The number of anilines is 1. The molecule has 1 amide bonds. The highest BCUT2D eigenvalue weighted by Crippen LogP contribution is 2.21. The molecule has 2 aromatic heterocycles. The van der Waals surface area contributed by atoms with Gasteiger partial charge in [-0.2, -0.15) is 0 Å². The van der Waals surface area contributed by atoms with Gasteiger partial charge in [-0.3, -0.25) is 9.78 Å². The predicted octanol–water partition coefficient (Wildman–Crippen LogP) is 2.01. The molecule has 0 radical (unpaired) electrons. The first kappa shape index (κ1) is 18.1. The Kier molecular flexibility index (Phi) is 5.25. The Labute approximate surface area is 163 Å². The molecule has 0 spiro atoms. The highest BCUT2D eigenvalue weighted by molar-refractivity contribution is 5.94. The van der Waals surface area contributed by atoms with E-state index in [1.54, 1.807) is 18.6 Å². The molecule has 0 bridgehead atoms. The first-order chi connectivity index (χ1) is 13.7. The Morgan fingerprint density at radius 1 is 1.21 bits per heavy atom. The fraction of sp³-hybridized carbons (Fsp3) is 0.238. The summed E-state index contributed by atoms with van der Waals surface area (Å²) in [6, 6.07) is 13.2. The summed E-state index contributed by atoms with van der Waals surface area (Å²) in [5.74, 6) is 0.593. The molecule has 7 nitrogen and oxygen atoms in total. The minimum absolute atomic E-state index is 0.0553. The lowest BCUT2D eigenvalue weighted by atomic mass is 10.1. The quantitative estimate of drug-likeness (QED) is 0.709. The van der Waals surface area contributed by atoms with Gasteiger partial charge < -0.3 is 16.0 Å². The van der Waals surface area contributed by atoms with Crippen molar-refractivity contribution in [3.05, 3.63) is 72.2 Å². The maximum Gasteiger partial charge on any atom is 0.251 e. The molecular formula is C21H22N6O. The average molecular weight is 374 g/mol. The second-order valence-electron chi connectivity index (χ2n) is 6.79. The van der Waals surface area contributed by atoms with Crippen LogP contribution in [-0.2, 0) is 6.54 Å². The van der Waals surface area contributed by atoms with Crippen LogP contribution in [0.15, 0.2) is 61.1 Å². The summed E-state index contributed by atoms with van der Waals surface area (Å²) in [5, 5.41) is 3.11. The summed E-state index contributed by atoms with van der Waals surface area (Å²) in [4.78, 5) is 27.9. The predicted molar refractivity (Wildman–Crippen MR) is 108 cm³/mol. The number of hydrogen-bond acceptors (Lipinski definition) is 6. The summed E-state index contributed by atoms with van der Waals surface area (Å²) >= 11 is 0. The Morgan fingerprint density at radius 3 is 2.96 bits per heavy atom. The monoisotopic (exact) mass is 374 g/mol. The van der Waals surface area contributed by atoms with E-state index in [1.165, 1.54) is 0 Å². The third-order valence-electron chi connectivity index (χ3n) is 4.83. The minimum atomic E-state index is -0.0767. The van der Waals surface area contributed by atoms with Gasteiger partial charge >= 0.3 is 0 Å². The number of carbonyl (C=O) groups excluding carboxylic acids is 1. The van der Waals surface area contributed by atoms with E-state index in [0.717, 1.165) is 29.8 Å². The molecular weight excluding hydrogens is 352 g/mol. The molecule has 1 atom stereocenters. The van der Waals surface area contributed by atoms with Crippen molar-refractivity contribution in [2.75, 3.05) is 18.0 Å². The number of hydrogen-bond donors (Lipinski definition) is 2. The lowest BCUT2D eigenvalue weighted by molar-refractivity contribution is 0.0940. The third kappa shape index (κ3) is 3.99. The van der Waals surface area contributed by atoms with Gasteiger partial charge in [-0.1, -0.05) is 12.1 Å². The number of benzene rings is 1. The summed E-state index contributed by atoms with van der Waals surface area (Å²) in [6.45, 7) is 1.89. The summed E-state index contributed by atoms with van der Waals surface area (Å²) in [5.41, 5.74) is 9.04. The zero-order valence-corrected chi connectivity index (χ0v) is 15.5. The van der Waals surface area contributed by atoms with Crippen LogP contribution in [0.3, 0.4) is 0 Å². The van der Waals surface area contributed by atoms with Crippen molar-refractivity contribution in [1.29, 1.82) is 0 Å². The van der Waals surface area contributed by atoms with E-state index in [1.807, 2.05) is 42.5 Å². The van der Waals surface area contributed by atoms with Gasteiger partial charge in [0.25, 0.3) is 5.91 Å². The number of nitrogens with zero attached hydrogens (tertiary/aromatic N) is 4. The highest BCUT2D eigenvalue weighted by atomic mass is 16.1. The molecule has 0 aliphatic carbocycles. The van der Waals surface area contributed by atoms with Crippen molar-refractivity contribution in [3.63, 3.8) is 0 Å². The largest absolute Gasteiger partial charge is 0.347 e. The molecule has 1 saturated heterocycles. The summed E-state index contributed by atoms with van der Waals surface area (Å²) in [6.07, 6.45) is 6.13. The second kappa shape index (κ2) is 8.14. The maximum absolute atomic E-state index is 12.5. The van der Waals surface area contributed by atoms with E-state index in [9.17, 15) is 4.79 Å². The molecule has 0 saturated carbocycles. The van der Waals surface area contributed by atoms with Crippen molar-refractivity contribution >= 4 is 11.9 Å². The standard InChI is InChI=1S/C21H22N6O/c22-12-15-3-1-4-16(11-15)20(28)25-18-7-10-27(14-18)21-24-9-6-19(26-21)17-5-2-8-23-13-17/h1-6,8-9,11,13,18H,7,10,12,14,22H2,(H,25,28). The molecule has 3 N–H and O–H groups in total. The van der Waals surface area contributed by atoms with E-state index in [4.69, 9.17) is 5.73 Å². The molecule has 1 aliphatic rings. The number of aromatic nitrogens is 3. The second-order valence-corrected chi connectivity index (χ2v) is 6.79. The molecule has 7 heteroatoms. The highest BCUT2D eigenvalue weighted by Gasteiger charge is 2.26. The van der Waals surface area contributed by atoms with Gasteiger partial charge in [-0.05, 0) is 42.3 Å². The topological polar surface area (TPSA) is 97.0 Å². The molecule has 142 valence electrons. The number of nitrogens with one attached hydrogen (secondary N) is 1. The third-order valence-corrected chi connectivity index (χ3v) is 4.83. The van der Waals surface area contributed by atoms with Gasteiger partial charge in [0.2, 0.25) is 5.95 Å². The van der Waals surface area contributed by atoms with Crippen molar-refractivity contribution in [2.45, 2.75) is 19.0 Å². The van der Waals surface area contributed by atoms with E-state index >= 15 is 0 Å². The molecule has 1 unspecified atom stereocenters. The molecule has 4 rings (SSSR count). The zero-order valence-electron chi connectivity index (χ0n) is 15.5. The first-order valence-corrected chi connectivity index (χ1v) is 9.31. The Hall–Kier alpha value is -3.32. The van der Waals surface area contributed by atoms with Crippen LogP contribution in [0, 0.1) is 0 Å². The molecule has 28 heavy (non-hydrogen) atoms. The van der Waals surface area contributed by atoms with Crippen molar-refractivity contribution in [1.82, 2.24) is 20.3 Å². The molecule has 3 heterocycles. The van der Waals surface area contributed by atoms with E-state index in [2.05, 4.69) is 25.2 Å². The van der Waals surface area contributed by atoms with Crippen LogP contribution in [0.2, 0.25) is 0 Å². The maximum atomic E-state index is 12.5. The summed E-state index contributed by atoms with van der Waals surface area (Å²) < 4.78 is 0. The lowest BCUT2D eigenvalue weighted by Gasteiger charge is -2.17. The van der Waals surface area contributed by atoms with Gasteiger partial charge in [0.05, 0.1) is 5.69 Å². The molecule has 1 aliphatic heterocycles. The minimum Gasteiger partial charge on any atom is -0.347 e. The fourth-order valence-electron chi connectivity index (χ4n) is 3.34. The SMILES string of the molecule is NCc1cccc(C(=O)NC2CCN(c3nccc(-c4cccnc4)n3)C2)c1. The smallest absolute Gasteiger partial charge is 0.251 e.